The fraction of sp³-hybridized carbons (Fsp3) is 0.154. The summed E-state index contributed by atoms with van der Waals surface area (Å²) in [5, 5.41) is 3.14. The fourth-order valence-electron chi connectivity index (χ4n) is 1.49. The van der Waals surface area contributed by atoms with Gasteiger partial charge in [0, 0.05) is 18.4 Å². The molecule has 1 aromatic heterocycles. The normalized spacial score (nSPS) is 10.2. The van der Waals surface area contributed by atoms with Crippen LogP contribution >= 0.6 is 0 Å². The monoisotopic (exact) mass is 231 g/mol. The summed E-state index contributed by atoms with van der Waals surface area (Å²) >= 11 is 0. The van der Waals surface area contributed by atoms with E-state index in [0.29, 0.717) is 12.2 Å². The zero-order valence-electron chi connectivity index (χ0n) is 9.57. The summed E-state index contributed by atoms with van der Waals surface area (Å²) in [7, 11) is 0. The second kappa shape index (κ2) is 4.82. The molecule has 3 N–H and O–H groups in total. The smallest absolute Gasteiger partial charge is 0.125 e. The molecule has 4 heteroatoms. The Kier molecular flexibility index (Phi) is 3.23. The van der Waals surface area contributed by atoms with Crippen molar-refractivity contribution in [2.75, 3.05) is 11.1 Å². The van der Waals surface area contributed by atoms with Crippen LogP contribution < -0.4 is 11.1 Å². The lowest BCUT2D eigenvalue weighted by atomic mass is 10.2. The average Bonchev–Trinajstić information content (AvgIpc) is 2.30. The molecule has 0 aliphatic heterocycles. The minimum absolute atomic E-state index is 0.329. The maximum atomic E-state index is 12.8. The van der Waals surface area contributed by atoms with Gasteiger partial charge in [-0.2, -0.15) is 0 Å². The molecule has 17 heavy (non-hydrogen) atoms. The summed E-state index contributed by atoms with van der Waals surface area (Å²) in [6.07, 6.45) is 1.81. The zero-order chi connectivity index (χ0) is 12.3. The Morgan fingerprint density at radius 2 is 2.12 bits per heavy atom. The Morgan fingerprint density at radius 1 is 1.29 bits per heavy atom. The van der Waals surface area contributed by atoms with E-state index >= 15 is 0 Å². The lowest BCUT2D eigenvalue weighted by Crippen LogP contribution is -2.03. The fourth-order valence-corrected chi connectivity index (χ4v) is 1.49. The van der Waals surface area contributed by atoms with Gasteiger partial charge >= 0.3 is 0 Å². The van der Waals surface area contributed by atoms with Gasteiger partial charge in [-0.05, 0) is 36.8 Å². The van der Waals surface area contributed by atoms with E-state index in [9.17, 15) is 4.39 Å². The molecule has 0 radical (unpaired) electrons. The van der Waals surface area contributed by atoms with Crippen molar-refractivity contribution in [3.8, 4) is 0 Å². The molecular formula is C13H14FN3. The minimum atomic E-state index is -0.329. The molecule has 2 aromatic rings. The first-order chi connectivity index (χ1) is 8.15. The number of hydrogen-bond donors (Lipinski definition) is 2. The second-order valence-corrected chi connectivity index (χ2v) is 3.89. The van der Waals surface area contributed by atoms with Gasteiger partial charge < -0.3 is 11.1 Å². The quantitative estimate of drug-likeness (QED) is 0.798. The molecule has 88 valence electrons. The highest BCUT2D eigenvalue weighted by atomic mass is 19.1. The number of nitrogens with two attached hydrogens (primary N) is 1. The van der Waals surface area contributed by atoms with Crippen LogP contribution in [0.15, 0.2) is 36.5 Å². The first-order valence-electron chi connectivity index (χ1n) is 5.35. The molecular weight excluding hydrogens is 217 g/mol. The summed E-state index contributed by atoms with van der Waals surface area (Å²) in [5.41, 5.74) is 8.86. The van der Waals surface area contributed by atoms with Crippen LogP contribution in [0, 0.1) is 12.7 Å². The van der Waals surface area contributed by atoms with E-state index in [0.717, 1.165) is 16.9 Å². The van der Waals surface area contributed by atoms with Crippen LogP contribution in [0.2, 0.25) is 0 Å². The number of aromatic nitrogens is 1. The lowest BCUT2D eigenvalue weighted by molar-refractivity contribution is 0.628. The van der Waals surface area contributed by atoms with Gasteiger partial charge in [-0.3, -0.25) is 4.98 Å². The molecule has 0 bridgehead atoms. The first kappa shape index (κ1) is 11.4. The zero-order valence-corrected chi connectivity index (χ0v) is 9.57. The third-order valence-electron chi connectivity index (χ3n) is 2.47. The number of nitrogens with zero attached hydrogens (tertiary/aromatic N) is 1. The minimum Gasteiger partial charge on any atom is -0.397 e. The molecule has 0 aliphatic rings. The number of pyridine rings is 1. The maximum Gasteiger partial charge on any atom is 0.125 e. The molecule has 0 saturated heterocycles. The van der Waals surface area contributed by atoms with Crippen molar-refractivity contribution in [3.63, 3.8) is 0 Å². The van der Waals surface area contributed by atoms with Crippen molar-refractivity contribution < 1.29 is 4.39 Å². The van der Waals surface area contributed by atoms with Crippen molar-refractivity contribution in [1.82, 2.24) is 4.98 Å². The van der Waals surface area contributed by atoms with Crippen molar-refractivity contribution in [3.05, 3.63) is 53.6 Å². The maximum absolute atomic E-state index is 12.8. The molecule has 0 spiro atoms. The Balaban J connectivity index is 2.04. The SMILES string of the molecule is Cc1ccc(CNc2ccc(F)cc2N)cn1. The molecule has 0 saturated carbocycles. The van der Waals surface area contributed by atoms with Gasteiger partial charge in [0.05, 0.1) is 11.4 Å². The number of nitrogens with one attached hydrogen (secondary N) is 1. The largest absolute Gasteiger partial charge is 0.397 e. The molecule has 1 aromatic carbocycles. The van der Waals surface area contributed by atoms with E-state index in [2.05, 4.69) is 10.3 Å². The standard InChI is InChI=1S/C13H14FN3/c1-9-2-3-10(7-16-9)8-17-13-5-4-11(14)6-12(13)15/h2-7,17H,8,15H2,1H3. The van der Waals surface area contributed by atoms with Gasteiger partial charge in [0.25, 0.3) is 0 Å². The van der Waals surface area contributed by atoms with E-state index in [1.807, 2.05) is 25.3 Å². The highest BCUT2D eigenvalue weighted by Crippen LogP contribution is 2.19. The number of anilines is 2. The molecule has 0 aliphatic carbocycles. The number of halogens is 1. The second-order valence-electron chi connectivity index (χ2n) is 3.89. The average molecular weight is 231 g/mol. The van der Waals surface area contributed by atoms with E-state index in [4.69, 9.17) is 5.73 Å². The number of nitrogen functional groups attached to an aromatic ring is 1. The predicted octanol–water partition coefficient (Wildman–Crippen LogP) is 2.72. The summed E-state index contributed by atoms with van der Waals surface area (Å²) in [4.78, 5) is 4.20. The van der Waals surface area contributed by atoms with Gasteiger partial charge in [0.2, 0.25) is 0 Å². The van der Waals surface area contributed by atoms with Gasteiger partial charge in [-0.1, -0.05) is 6.07 Å². The first-order valence-corrected chi connectivity index (χ1v) is 5.35. The number of hydrogen-bond acceptors (Lipinski definition) is 3. The van der Waals surface area contributed by atoms with Gasteiger partial charge in [-0.25, -0.2) is 4.39 Å². The highest BCUT2D eigenvalue weighted by Gasteiger charge is 2.00. The van der Waals surface area contributed by atoms with Gasteiger partial charge in [0.15, 0.2) is 0 Å². The van der Waals surface area contributed by atoms with Crippen LogP contribution in [0.5, 0.6) is 0 Å². The number of benzene rings is 1. The molecule has 0 unspecified atom stereocenters. The van der Waals surface area contributed by atoms with E-state index in [1.54, 1.807) is 6.07 Å². The Hall–Kier alpha value is -2.10. The lowest BCUT2D eigenvalue weighted by Gasteiger charge is -2.09. The third kappa shape index (κ3) is 2.93. The van der Waals surface area contributed by atoms with Gasteiger partial charge in [0.1, 0.15) is 5.82 Å². The summed E-state index contributed by atoms with van der Waals surface area (Å²) in [5.74, 6) is -0.329. The van der Waals surface area contributed by atoms with Crippen LogP contribution in [0.25, 0.3) is 0 Å². The number of rotatable bonds is 3. The number of aryl methyl sites for hydroxylation is 1. The van der Waals surface area contributed by atoms with Crippen LogP contribution in [-0.2, 0) is 6.54 Å². The highest BCUT2D eigenvalue weighted by molar-refractivity contribution is 5.65. The van der Waals surface area contributed by atoms with E-state index in [1.165, 1.54) is 12.1 Å². The van der Waals surface area contributed by atoms with Crippen molar-refractivity contribution in [2.24, 2.45) is 0 Å². The van der Waals surface area contributed by atoms with Crippen LogP contribution in [0.4, 0.5) is 15.8 Å². The topological polar surface area (TPSA) is 50.9 Å². The molecule has 1 heterocycles. The molecule has 2 rings (SSSR count). The molecule has 0 fully saturated rings. The Morgan fingerprint density at radius 3 is 2.76 bits per heavy atom. The van der Waals surface area contributed by atoms with E-state index < -0.39 is 0 Å². The Bertz CT molecular complexity index is 509. The van der Waals surface area contributed by atoms with Crippen LogP contribution in [0.3, 0.4) is 0 Å². The predicted molar refractivity (Wildman–Crippen MR) is 67.1 cm³/mol. The van der Waals surface area contributed by atoms with E-state index in [-0.39, 0.29) is 5.82 Å². The molecule has 0 amide bonds. The molecule has 3 nitrogen and oxygen atoms in total. The Labute approximate surface area is 99.5 Å². The van der Waals surface area contributed by atoms with Crippen molar-refractivity contribution in [1.29, 1.82) is 0 Å². The van der Waals surface area contributed by atoms with Crippen LogP contribution in [-0.4, -0.2) is 4.98 Å². The van der Waals surface area contributed by atoms with Crippen molar-refractivity contribution in [2.45, 2.75) is 13.5 Å². The summed E-state index contributed by atoms with van der Waals surface area (Å²) in [6.45, 7) is 2.55. The summed E-state index contributed by atoms with van der Waals surface area (Å²) < 4.78 is 12.8. The molecule has 0 atom stereocenters. The van der Waals surface area contributed by atoms with Crippen LogP contribution in [0.1, 0.15) is 11.3 Å². The van der Waals surface area contributed by atoms with Crippen molar-refractivity contribution >= 4 is 11.4 Å². The van der Waals surface area contributed by atoms with Gasteiger partial charge in [-0.15, -0.1) is 0 Å². The third-order valence-corrected chi connectivity index (χ3v) is 2.47. The summed E-state index contributed by atoms with van der Waals surface area (Å²) in [6, 6.07) is 8.26.